The first-order valence-corrected chi connectivity index (χ1v) is 2.77. The third kappa shape index (κ3) is 6.33. The molecule has 0 aromatic rings. The lowest BCUT2D eigenvalue weighted by Crippen LogP contribution is -2.10. The number of hydrogen-bond donors (Lipinski definition) is 1. The van der Waals surface area contributed by atoms with Crippen molar-refractivity contribution < 1.29 is 8.92 Å². The second-order valence-corrected chi connectivity index (χ2v) is 1.67. The van der Waals surface area contributed by atoms with Gasteiger partial charge in [0.1, 0.15) is 7.85 Å². The normalized spacial score (nSPS) is 13.8. The molecular weight excluding hydrogens is 123 g/mol. The van der Waals surface area contributed by atoms with E-state index in [2.05, 4.69) is 17.1 Å². The summed E-state index contributed by atoms with van der Waals surface area (Å²) in [6.45, 7) is 2.74. The third-order valence-corrected chi connectivity index (χ3v) is 0.738. The van der Waals surface area contributed by atoms with Gasteiger partial charge in [0.25, 0.3) is 0 Å². The minimum atomic E-state index is -0.210. The van der Waals surface area contributed by atoms with Crippen molar-refractivity contribution in [3.8, 4) is 0 Å². The Bertz CT molecular complexity index is 51.3. The first kappa shape index (κ1) is 8.33. The zero-order valence-corrected chi connectivity index (χ0v) is 5.73. The van der Waals surface area contributed by atoms with Crippen molar-refractivity contribution in [2.75, 3.05) is 13.2 Å². The molecule has 0 saturated carbocycles. The van der Waals surface area contributed by atoms with Gasteiger partial charge in [-0.25, -0.2) is 0 Å². The maximum atomic E-state index is 5.23. The smallest absolute Gasteiger partial charge is 0.108 e. The van der Waals surface area contributed by atoms with E-state index in [0.717, 1.165) is 0 Å². The Morgan fingerprint density at radius 3 is 2.62 bits per heavy atom. The van der Waals surface area contributed by atoms with Gasteiger partial charge in [0.2, 0.25) is 0 Å². The van der Waals surface area contributed by atoms with Crippen LogP contribution in [0.3, 0.4) is 0 Å². The molecule has 2 nitrogen and oxygen atoms in total. The van der Waals surface area contributed by atoms with Crippen molar-refractivity contribution in [1.82, 2.24) is 0 Å². The highest BCUT2D eigenvalue weighted by molar-refractivity contribution is 7.75. The van der Waals surface area contributed by atoms with Crippen LogP contribution in [0.2, 0.25) is 0 Å². The lowest BCUT2D eigenvalue weighted by Gasteiger charge is -2.04. The van der Waals surface area contributed by atoms with Gasteiger partial charge in [0.05, 0.1) is 13.2 Å². The molecular formula is C4H9BO2S. The summed E-state index contributed by atoms with van der Waals surface area (Å²) in [6, 6.07) is -0.210. The van der Waals surface area contributed by atoms with Gasteiger partial charge in [-0.1, -0.05) is 0 Å². The van der Waals surface area contributed by atoms with Crippen LogP contribution in [0, 0.1) is 0 Å². The van der Waals surface area contributed by atoms with E-state index in [4.69, 9.17) is 12.6 Å². The molecule has 8 heavy (non-hydrogen) atoms. The van der Waals surface area contributed by atoms with Crippen molar-refractivity contribution in [2.45, 2.75) is 12.9 Å². The molecule has 0 bridgehead atoms. The van der Waals surface area contributed by atoms with E-state index in [1.807, 2.05) is 0 Å². The van der Waals surface area contributed by atoms with Crippen LogP contribution in [-0.4, -0.2) is 27.1 Å². The molecule has 0 aromatic heterocycles. The van der Waals surface area contributed by atoms with E-state index in [-0.39, 0.29) is 6.00 Å². The van der Waals surface area contributed by atoms with Gasteiger partial charge in [-0.2, -0.15) is 0 Å². The first-order valence-electron chi connectivity index (χ1n) is 2.41. The van der Waals surface area contributed by atoms with Crippen molar-refractivity contribution in [2.24, 2.45) is 0 Å². The SMILES string of the molecule is [B][C@@H](C)OCCOS. The van der Waals surface area contributed by atoms with E-state index >= 15 is 0 Å². The topological polar surface area (TPSA) is 18.5 Å². The highest BCUT2D eigenvalue weighted by atomic mass is 32.1. The molecule has 0 aliphatic rings. The van der Waals surface area contributed by atoms with Gasteiger partial charge < -0.3 is 8.92 Å². The van der Waals surface area contributed by atoms with Crippen LogP contribution in [0.25, 0.3) is 0 Å². The lowest BCUT2D eigenvalue weighted by molar-refractivity contribution is 0.0943. The summed E-state index contributed by atoms with van der Waals surface area (Å²) >= 11 is 3.50. The Balaban J connectivity index is 2.72. The van der Waals surface area contributed by atoms with Gasteiger partial charge in [0, 0.05) is 6.00 Å². The van der Waals surface area contributed by atoms with Crippen LogP contribution < -0.4 is 0 Å². The standard InChI is InChI=1S/C4H9BO2S/c1-4(5)6-2-3-7-8/h4,8H,2-3H2,1H3/t4-/m1/s1. The molecule has 46 valence electrons. The Morgan fingerprint density at radius 1 is 1.62 bits per heavy atom. The van der Waals surface area contributed by atoms with Crippen molar-refractivity contribution >= 4 is 20.8 Å². The van der Waals surface area contributed by atoms with Crippen LogP contribution in [0.15, 0.2) is 0 Å². The summed E-state index contributed by atoms with van der Waals surface area (Å²) in [4.78, 5) is 0. The summed E-state index contributed by atoms with van der Waals surface area (Å²) in [7, 11) is 5.23. The molecule has 0 unspecified atom stereocenters. The Morgan fingerprint density at radius 2 is 2.25 bits per heavy atom. The second-order valence-electron chi connectivity index (χ2n) is 1.41. The molecule has 0 N–H and O–H groups in total. The van der Waals surface area contributed by atoms with Crippen molar-refractivity contribution in [3.05, 3.63) is 0 Å². The largest absolute Gasteiger partial charge is 0.386 e. The summed E-state index contributed by atoms with van der Waals surface area (Å²) in [5.74, 6) is 0. The van der Waals surface area contributed by atoms with Gasteiger partial charge in [-0.05, 0) is 19.8 Å². The average Bonchev–Trinajstić information content (AvgIpc) is 1.66. The average molecular weight is 132 g/mol. The monoisotopic (exact) mass is 132 g/mol. The fourth-order valence-corrected chi connectivity index (χ4v) is 0.346. The van der Waals surface area contributed by atoms with Gasteiger partial charge in [-0.15, -0.1) is 0 Å². The van der Waals surface area contributed by atoms with E-state index in [1.165, 1.54) is 0 Å². The summed E-state index contributed by atoms with van der Waals surface area (Å²) in [6.07, 6.45) is 0. The third-order valence-electron chi connectivity index (χ3n) is 0.555. The first-order chi connectivity index (χ1) is 3.77. The molecule has 0 saturated heterocycles. The summed E-state index contributed by atoms with van der Waals surface area (Å²) < 4.78 is 9.29. The molecule has 0 amide bonds. The number of thiol groups is 1. The Kier molecular flexibility index (Phi) is 5.70. The maximum Gasteiger partial charge on any atom is 0.108 e. The maximum absolute atomic E-state index is 5.23. The lowest BCUT2D eigenvalue weighted by atomic mass is 10.0. The van der Waals surface area contributed by atoms with E-state index < -0.39 is 0 Å². The zero-order chi connectivity index (χ0) is 6.41. The minimum Gasteiger partial charge on any atom is -0.386 e. The zero-order valence-electron chi connectivity index (χ0n) is 4.83. The number of ether oxygens (including phenoxy) is 1. The predicted octanol–water partition coefficient (Wildman–Crippen LogP) is 0.379. The van der Waals surface area contributed by atoms with Gasteiger partial charge >= 0.3 is 0 Å². The molecule has 2 radical (unpaired) electrons. The van der Waals surface area contributed by atoms with E-state index in [9.17, 15) is 0 Å². The van der Waals surface area contributed by atoms with Crippen LogP contribution in [0.1, 0.15) is 6.92 Å². The van der Waals surface area contributed by atoms with E-state index in [1.54, 1.807) is 6.92 Å². The van der Waals surface area contributed by atoms with Crippen LogP contribution in [0.5, 0.6) is 0 Å². The molecule has 4 heteroatoms. The fraction of sp³-hybridized carbons (Fsp3) is 1.00. The molecule has 0 rings (SSSR count). The fourth-order valence-electron chi connectivity index (χ4n) is 0.271. The minimum absolute atomic E-state index is 0.210. The summed E-state index contributed by atoms with van der Waals surface area (Å²) in [5.41, 5.74) is 0. The Hall–Kier alpha value is 0.335. The molecule has 0 fully saturated rings. The summed E-state index contributed by atoms with van der Waals surface area (Å²) in [5, 5.41) is 0. The van der Waals surface area contributed by atoms with Crippen LogP contribution in [0.4, 0.5) is 0 Å². The Labute approximate surface area is 56.6 Å². The van der Waals surface area contributed by atoms with E-state index in [0.29, 0.717) is 13.2 Å². The predicted molar refractivity (Wildman–Crippen MR) is 36.1 cm³/mol. The van der Waals surface area contributed by atoms with Gasteiger partial charge in [0.15, 0.2) is 0 Å². The molecule has 0 spiro atoms. The molecule has 0 aliphatic carbocycles. The highest BCUT2D eigenvalue weighted by Gasteiger charge is 1.89. The quantitative estimate of drug-likeness (QED) is 0.258. The molecule has 1 atom stereocenters. The van der Waals surface area contributed by atoms with Crippen molar-refractivity contribution in [1.29, 1.82) is 0 Å². The number of hydrogen-bond acceptors (Lipinski definition) is 3. The highest BCUT2D eigenvalue weighted by Crippen LogP contribution is 1.84. The molecule has 0 heterocycles. The van der Waals surface area contributed by atoms with Crippen molar-refractivity contribution in [3.63, 3.8) is 0 Å². The molecule has 0 aromatic carbocycles. The van der Waals surface area contributed by atoms with Crippen LogP contribution in [-0.2, 0) is 8.92 Å². The van der Waals surface area contributed by atoms with Crippen LogP contribution >= 0.6 is 12.9 Å². The van der Waals surface area contributed by atoms with Gasteiger partial charge in [-0.3, -0.25) is 0 Å². The second kappa shape index (κ2) is 5.47. The number of rotatable bonds is 4. The molecule has 0 aliphatic heterocycles.